The minimum Gasteiger partial charge on any atom is -0.450 e. The van der Waals surface area contributed by atoms with Gasteiger partial charge in [0.05, 0.1) is 12.7 Å². The summed E-state index contributed by atoms with van der Waals surface area (Å²) in [5.41, 5.74) is 0.535. The number of esters is 1. The van der Waals surface area contributed by atoms with Gasteiger partial charge >= 0.3 is 5.97 Å². The summed E-state index contributed by atoms with van der Waals surface area (Å²) in [5.74, 6) is 0.861. The average molecular weight is 378 g/mol. The summed E-state index contributed by atoms with van der Waals surface area (Å²) in [7, 11) is 4.71. The predicted molar refractivity (Wildman–Crippen MR) is 99.8 cm³/mol. The molecule has 0 spiro atoms. The van der Waals surface area contributed by atoms with Crippen LogP contribution in [0.2, 0.25) is 0 Å². The molecule has 23 heavy (non-hydrogen) atoms. The van der Waals surface area contributed by atoms with Gasteiger partial charge < -0.3 is 19.9 Å². The van der Waals surface area contributed by atoms with Crippen molar-refractivity contribution >= 4 is 37.4 Å². The number of hydrogen-bond acceptors (Lipinski definition) is 8. The first kappa shape index (κ1) is 20.5. The molecule has 130 valence electrons. The Hall–Kier alpha value is -0.540. The molecule has 0 saturated carbocycles. The van der Waals surface area contributed by atoms with Crippen LogP contribution in [0.5, 0.6) is 0 Å². The molecule has 2 unspecified atom stereocenters. The second-order valence-electron chi connectivity index (χ2n) is 4.69. The molecule has 1 saturated heterocycles. The van der Waals surface area contributed by atoms with E-state index in [1.807, 2.05) is 6.08 Å². The van der Waals surface area contributed by atoms with Crippen molar-refractivity contribution in [2.24, 2.45) is 0 Å². The molecule has 0 aromatic heterocycles. The number of aliphatic hydroxyl groups excluding tert-OH is 1. The summed E-state index contributed by atoms with van der Waals surface area (Å²) >= 11 is 0. The summed E-state index contributed by atoms with van der Waals surface area (Å²) in [6, 6.07) is 0. The summed E-state index contributed by atoms with van der Waals surface area (Å²) < 4.78 is 10.7. The van der Waals surface area contributed by atoms with Crippen molar-refractivity contribution in [3.8, 4) is 0 Å². The summed E-state index contributed by atoms with van der Waals surface area (Å²) in [4.78, 5) is 11.7. The molecule has 0 bridgehead atoms. The van der Waals surface area contributed by atoms with Gasteiger partial charge in [-0.15, -0.1) is 6.58 Å². The first-order chi connectivity index (χ1) is 11.2. The van der Waals surface area contributed by atoms with Gasteiger partial charge in [0.25, 0.3) is 0 Å². The number of carbonyl (C=O) groups is 1. The van der Waals surface area contributed by atoms with E-state index in [4.69, 9.17) is 14.6 Å². The molecular weight excluding hydrogens is 354 g/mol. The molecule has 0 aliphatic carbocycles. The van der Waals surface area contributed by atoms with Crippen molar-refractivity contribution in [3.05, 3.63) is 36.6 Å². The van der Waals surface area contributed by atoms with Crippen LogP contribution in [0.25, 0.3) is 0 Å². The fraction of sp³-hybridized carbons (Fsp3) is 0.533. The maximum Gasteiger partial charge on any atom is 0.334 e. The largest absolute Gasteiger partial charge is 0.450 e. The molecule has 0 aromatic carbocycles. The highest BCUT2D eigenvalue weighted by molar-refractivity contribution is 9.09. The van der Waals surface area contributed by atoms with Gasteiger partial charge in [-0.2, -0.15) is 0 Å². The number of rotatable bonds is 11. The van der Waals surface area contributed by atoms with Crippen LogP contribution in [-0.2, 0) is 14.3 Å². The summed E-state index contributed by atoms with van der Waals surface area (Å²) in [5, 5.41) is 12.1. The second-order valence-corrected chi connectivity index (χ2v) is 8.91. The van der Waals surface area contributed by atoms with E-state index in [1.165, 1.54) is 10.8 Å². The van der Waals surface area contributed by atoms with Crippen molar-refractivity contribution in [2.75, 3.05) is 18.3 Å². The average Bonchev–Trinajstić information content (AvgIpc) is 3.02. The molecule has 1 heterocycles. The van der Waals surface area contributed by atoms with Gasteiger partial charge in [0.15, 0.2) is 0 Å². The normalized spacial score (nSPS) is 21.6. The van der Waals surface area contributed by atoms with Crippen molar-refractivity contribution in [3.63, 3.8) is 0 Å². The van der Waals surface area contributed by atoms with Crippen LogP contribution in [0.1, 0.15) is 19.8 Å². The Kier molecular flexibility index (Phi) is 11.4. The fourth-order valence-corrected chi connectivity index (χ4v) is 4.51. The highest BCUT2D eigenvalue weighted by Gasteiger charge is 2.23. The van der Waals surface area contributed by atoms with E-state index in [0.717, 1.165) is 18.6 Å². The maximum atomic E-state index is 11.7. The quantitative estimate of drug-likeness (QED) is 0.108. The number of ether oxygens (including phenoxy) is 2. The van der Waals surface area contributed by atoms with E-state index in [-0.39, 0.29) is 24.9 Å². The highest BCUT2D eigenvalue weighted by atomic mass is 33.5. The Balaban J connectivity index is 2.15. The van der Waals surface area contributed by atoms with Gasteiger partial charge in [-0.25, -0.2) is 4.79 Å². The Morgan fingerprint density at radius 3 is 3.00 bits per heavy atom. The number of allylic oxidation sites excluding steroid dienone is 2. The van der Waals surface area contributed by atoms with Crippen molar-refractivity contribution < 1.29 is 19.4 Å². The molecule has 0 amide bonds. The number of aliphatic hydroxyl groups is 1. The van der Waals surface area contributed by atoms with E-state index in [2.05, 4.69) is 11.9 Å². The van der Waals surface area contributed by atoms with Gasteiger partial charge in [-0.05, 0) is 52.7 Å². The lowest BCUT2D eigenvalue weighted by Gasteiger charge is -2.11. The third-order valence-electron chi connectivity index (χ3n) is 2.88. The molecule has 2 atom stereocenters. The topological polar surface area (TPSA) is 67.8 Å². The van der Waals surface area contributed by atoms with Crippen LogP contribution in [-0.4, -0.2) is 41.7 Å². The van der Waals surface area contributed by atoms with Crippen LogP contribution in [0.15, 0.2) is 36.6 Å². The van der Waals surface area contributed by atoms with E-state index in [1.54, 1.807) is 45.9 Å². The van der Waals surface area contributed by atoms with Crippen molar-refractivity contribution in [1.29, 1.82) is 0 Å². The number of carbonyl (C=O) groups excluding carboxylic acids is 1. The lowest BCUT2D eigenvalue weighted by Crippen LogP contribution is -2.25. The standard InChI is InChI=1S/C15H23NO4S3/c1-3-9-21-23-22-11-19-15(18)12(2)5-4-8-16-14-7-6-13(10-17)20-14/h3-5,8,13-14,16-17H,1,6-7,9-11H2,2H3/b8-4-,12-5+. The lowest BCUT2D eigenvalue weighted by molar-refractivity contribution is -0.136. The number of hydrogen-bond donors (Lipinski definition) is 2. The summed E-state index contributed by atoms with van der Waals surface area (Å²) in [6.07, 6.45) is 8.56. The Labute approximate surface area is 149 Å². The van der Waals surface area contributed by atoms with E-state index in [0.29, 0.717) is 11.5 Å². The first-order valence-corrected chi connectivity index (χ1v) is 11.0. The van der Waals surface area contributed by atoms with Gasteiger partial charge in [-0.3, -0.25) is 0 Å². The van der Waals surface area contributed by atoms with Crippen LogP contribution in [0, 0.1) is 0 Å². The molecule has 1 rings (SSSR count). The molecule has 1 aliphatic rings. The molecule has 1 fully saturated rings. The third-order valence-corrected chi connectivity index (χ3v) is 6.66. The predicted octanol–water partition coefficient (Wildman–Crippen LogP) is 3.25. The number of nitrogens with one attached hydrogen (secondary N) is 1. The first-order valence-electron chi connectivity index (χ1n) is 7.22. The Morgan fingerprint density at radius 2 is 2.30 bits per heavy atom. The van der Waals surface area contributed by atoms with Crippen LogP contribution in [0.4, 0.5) is 0 Å². The van der Waals surface area contributed by atoms with Gasteiger partial charge in [0.2, 0.25) is 0 Å². The molecule has 0 aromatic rings. The van der Waals surface area contributed by atoms with Crippen LogP contribution in [0.3, 0.4) is 0 Å². The lowest BCUT2D eigenvalue weighted by atomic mass is 10.2. The van der Waals surface area contributed by atoms with Crippen molar-refractivity contribution in [2.45, 2.75) is 32.1 Å². The zero-order chi connectivity index (χ0) is 16.9. The van der Waals surface area contributed by atoms with Crippen LogP contribution >= 0.6 is 31.4 Å². The van der Waals surface area contributed by atoms with E-state index < -0.39 is 0 Å². The third kappa shape index (κ3) is 9.36. The van der Waals surface area contributed by atoms with E-state index >= 15 is 0 Å². The molecular formula is C15H23NO4S3. The van der Waals surface area contributed by atoms with Gasteiger partial charge in [-0.1, -0.05) is 22.9 Å². The molecule has 5 nitrogen and oxygen atoms in total. The fourth-order valence-electron chi connectivity index (χ4n) is 1.71. The minimum absolute atomic E-state index is 0.0507. The molecule has 8 heteroatoms. The minimum atomic E-state index is -0.325. The SMILES string of the molecule is C=CCSSSCOC(=O)/C(C)=C/C=C\NC1CCC(CO)O1. The smallest absolute Gasteiger partial charge is 0.334 e. The molecule has 2 N–H and O–H groups in total. The van der Waals surface area contributed by atoms with Crippen molar-refractivity contribution in [1.82, 2.24) is 5.32 Å². The summed E-state index contributed by atoms with van der Waals surface area (Å²) in [6.45, 7) is 5.40. The van der Waals surface area contributed by atoms with E-state index in [9.17, 15) is 4.79 Å². The Morgan fingerprint density at radius 1 is 1.48 bits per heavy atom. The second kappa shape index (κ2) is 12.8. The zero-order valence-electron chi connectivity index (χ0n) is 13.1. The monoisotopic (exact) mass is 377 g/mol. The van der Waals surface area contributed by atoms with Gasteiger partial charge in [0.1, 0.15) is 12.2 Å². The highest BCUT2D eigenvalue weighted by Crippen LogP contribution is 2.34. The zero-order valence-corrected chi connectivity index (χ0v) is 15.6. The molecule has 1 aliphatic heterocycles. The van der Waals surface area contributed by atoms with Gasteiger partial charge in [0, 0.05) is 11.3 Å². The molecule has 0 radical (unpaired) electrons. The maximum absolute atomic E-state index is 11.7. The Bertz CT molecular complexity index is 429. The van der Waals surface area contributed by atoms with Crippen LogP contribution < -0.4 is 5.32 Å².